The maximum absolute atomic E-state index is 12.4. The van der Waals surface area contributed by atoms with E-state index in [0.29, 0.717) is 0 Å². The molecule has 0 aromatic heterocycles. The number of alkyl halides is 3. The van der Waals surface area contributed by atoms with Crippen molar-refractivity contribution in [1.29, 1.82) is 0 Å². The lowest BCUT2D eigenvalue weighted by atomic mass is 10.1. The van der Waals surface area contributed by atoms with Gasteiger partial charge in [-0.05, 0) is 19.1 Å². The molecule has 0 aliphatic carbocycles. The average Bonchev–Trinajstić information content (AvgIpc) is 2.34. The fourth-order valence-electron chi connectivity index (χ4n) is 1.65. The van der Waals surface area contributed by atoms with Crippen LogP contribution in [0, 0.1) is 10.1 Å². The first-order valence-electron chi connectivity index (χ1n) is 5.49. The van der Waals surface area contributed by atoms with E-state index in [1.165, 1.54) is 6.92 Å². The molecule has 1 aromatic rings. The minimum Gasteiger partial charge on any atom is -0.478 e. The van der Waals surface area contributed by atoms with Crippen LogP contribution in [0.3, 0.4) is 0 Å². The van der Waals surface area contributed by atoms with Crippen molar-refractivity contribution in [2.45, 2.75) is 13.1 Å². The lowest BCUT2D eigenvalue weighted by Gasteiger charge is -2.24. The topological polar surface area (TPSA) is 83.7 Å². The first-order chi connectivity index (χ1) is 9.15. The monoisotopic (exact) mass is 292 g/mol. The molecule has 0 unspecified atom stereocenters. The van der Waals surface area contributed by atoms with Gasteiger partial charge in [0.05, 0.1) is 10.5 Å². The second-order valence-electron chi connectivity index (χ2n) is 3.90. The number of benzene rings is 1. The maximum atomic E-state index is 12.4. The van der Waals surface area contributed by atoms with E-state index in [9.17, 15) is 28.1 Å². The number of hydrogen-bond donors (Lipinski definition) is 1. The second kappa shape index (κ2) is 5.76. The predicted octanol–water partition coefficient (Wildman–Crippen LogP) is 2.68. The molecule has 0 spiro atoms. The zero-order chi connectivity index (χ0) is 15.5. The van der Waals surface area contributed by atoms with Gasteiger partial charge in [-0.2, -0.15) is 13.2 Å². The Hall–Kier alpha value is -2.32. The molecule has 1 N–H and O–H groups in total. The van der Waals surface area contributed by atoms with Gasteiger partial charge < -0.3 is 10.0 Å². The molecule has 0 fully saturated rings. The number of aromatic carboxylic acids is 1. The van der Waals surface area contributed by atoms with Crippen molar-refractivity contribution in [1.82, 2.24) is 0 Å². The third-order valence-corrected chi connectivity index (χ3v) is 2.51. The third-order valence-electron chi connectivity index (χ3n) is 2.51. The summed E-state index contributed by atoms with van der Waals surface area (Å²) in [4.78, 5) is 21.5. The Labute approximate surface area is 111 Å². The number of carboxylic acids is 1. The van der Waals surface area contributed by atoms with E-state index < -0.39 is 29.3 Å². The highest BCUT2D eigenvalue weighted by atomic mass is 19.4. The molecular formula is C11H11F3N2O4. The van der Waals surface area contributed by atoms with Crippen LogP contribution in [0.15, 0.2) is 18.2 Å². The number of anilines is 1. The highest BCUT2D eigenvalue weighted by Crippen LogP contribution is 2.31. The van der Waals surface area contributed by atoms with Crippen molar-refractivity contribution in [3.63, 3.8) is 0 Å². The molecule has 0 bridgehead atoms. The van der Waals surface area contributed by atoms with Gasteiger partial charge >= 0.3 is 12.1 Å². The predicted molar refractivity (Wildman–Crippen MR) is 64.0 cm³/mol. The van der Waals surface area contributed by atoms with Crippen LogP contribution in [0.1, 0.15) is 17.3 Å². The summed E-state index contributed by atoms with van der Waals surface area (Å²) in [5.74, 6) is -1.39. The Morgan fingerprint density at radius 1 is 1.45 bits per heavy atom. The number of halogens is 3. The lowest BCUT2D eigenvalue weighted by Crippen LogP contribution is -2.34. The maximum Gasteiger partial charge on any atom is 0.405 e. The summed E-state index contributed by atoms with van der Waals surface area (Å²) in [6, 6.07) is 2.79. The highest BCUT2D eigenvalue weighted by molar-refractivity contribution is 5.89. The standard InChI is InChI=1S/C11H11F3N2O4/c1-2-15(6-11(12,13)14)8-4-3-7(10(17)18)5-9(8)16(19)20/h3-5H,2,6H2,1H3,(H,17,18). The first kappa shape index (κ1) is 15.7. The van der Waals surface area contributed by atoms with Crippen molar-refractivity contribution in [3.05, 3.63) is 33.9 Å². The summed E-state index contributed by atoms with van der Waals surface area (Å²) in [5.41, 5.74) is -1.29. The van der Waals surface area contributed by atoms with Gasteiger partial charge in [-0.15, -0.1) is 0 Å². The Balaban J connectivity index is 3.28. The highest BCUT2D eigenvalue weighted by Gasteiger charge is 2.33. The van der Waals surface area contributed by atoms with Crippen LogP contribution in [-0.4, -0.2) is 35.3 Å². The normalized spacial score (nSPS) is 11.2. The van der Waals surface area contributed by atoms with Crippen molar-refractivity contribution in [2.24, 2.45) is 0 Å². The number of nitro groups is 1. The van der Waals surface area contributed by atoms with Crippen LogP contribution in [0.25, 0.3) is 0 Å². The Morgan fingerprint density at radius 3 is 2.45 bits per heavy atom. The minimum atomic E-state index is -4.52. The Bertz CT molecular complexity index is 531. The van der Waals surface area contributed by atoms with Crippen molar-refractivity contribution < 1.29 is 28.0 Å². The first-order valence-corrected chi connectivity index (χ1v) is 5.49. The Kier molecular flexibility index (Phi) is 4.53. The smallest absolute Gasteiger partial charge is 0.405 e. The molecule has 9 heteroatoms. The van der Waals surface area contributed by atoms with E-state index in [4.69, 9.17) is 5.11 Å². The number of nitro benzene ring substituents is 1. The van der Waals surface area contributed by atoms with Crippen molar-refractivity contribution >= 4 is 17.3 Å². The number of nitrogens with zero attached hydrogens (tertiary/aromatic N) is 2. The Morgan fingerprint density at radius 2 is 2.05 bits per heavy atom. The van der Waals surface area contributed by atoms with E-state index in [2.05, 4.69) is 0 Å². The summed E-state index contributed by atoms with van der Waals surface area (Å²) >= 11 is 0. The van der Waals surface area contributed by atoms with Gasteiger partial charge in [-0.25, -0.2) is 4.79 Å². The van der Waals surface area contributed by atoms with Gasteiger partial charge in [0.25, 0.3) is 5.69 Å². The van der Waals surface area contributed by atoms with Gasteiger partial charge in [0.2, 0.25) is 0 Å². The van der Waals surface area contributed by atoms with Crippen LogP contribution < -0.4 is 4.90 Å². The number of carbonyl (C=O) groups is 1. The lowest BCUT2D eigenvalue weighted by molar-refractivity contribution is -0.384. The summed E-state index contributed by atoms with van der Waals surface area (Å²) in [6.07, 6.45) is -4.52. The van der Waals surface area contributed by atoms with Gasteiger partial charge in [0.1, 0.15) is 12.2 Å². The largest absolute Gasteiger partial charge is 0.478 e. The van der Waals surface area contributed by atoms with Crippen LogP contribution in [0.5, 0.6) is 0 Å². The van der Waals surface area contributed by atoms with E-state index in [1.54, 1.807) is 0 Å². The summed E-state index contributed by atoms with van der Waals surface area (Å²) in [6.45, 7) is -0.0376. The minimum absolute atomic E-state index is 0.104. The average molecular weight is 292 g/mol. The quantitative estimate of drug-likeness (QED) is 0.666. The molecule has 0 aliphatic rings. The summed E-state index contributed by atoms with van der Waals surface area (Å²) < 4.78 is 37.2. The summed E-state index contributed by atoms with van der Waals surface area (Å²) in [7, 11) is 0. The fourth-order valence-corrected chi connectivity index (χ4v) is 1.65. The molecule has 110 valence electrons. The molecule has 0 saturated carbocycles. The van der Waals surface area contributed by atoms with Crippen LogP contribution in [0.2, 0.25) is 0 Å². The molecular weight excluding hydrogens is 281 g/mol. The molecule has 0 aliphatic heterocycles. The molecule has 20 heavy (non-hydrogen) atoms. The fraction of sp³-hybridized carbons (Fsp3) is 0.364. The van der Waals surface area contributed by atoms with Crippen LogP contribution in [0.4, 0.5) is 24.5 Å². The molecule has 1 aromatic carbocycles. The molecule has 0 saturated heterocycles. The molecule has 6 nitrogen and oxygen atoms in total. The van der Waals surface area contributed by atoms with Crippen LogP contribution in [-0.2, 0) is 0 Å². The number of hydrogen-bond acceptors (Lipinski definition) is 4. The van der Waals surface area contributed by atoms with Gasteiger partial charge in [0.15, 0.2) is 0 Å². The van der Waals surface area contributed by atoms with Crippen LogP contribution >= 0.6 is 0 Å². The van der Waals surface area contributed by atoms with E-state index >= 15 is 0 Å². The number of carboxylic acid groups (broad SMARTS) is 1. The summed E-state index contributed by atoms with van der Waals surface area (Å²) in [5, 5.41) is 19.6. The van der Waals surface area contributed by atoms with E-state index in [-0.39, 0.29) is 17.8 Å². The van der Waals surface area contributed by atoms with Crippen molar-refractivity contribution in [2.75, 3.05) is 18.0 Å². The van der Waals surface area contributed by atoms with E-state index in [1.807, 2.05) is 0 Å². The van der Waals surface area contributed by atoms with Gasteiger partial charge in [0, 0.05) is 12.6 Å². The van der Waals surface area contributed by atoms with E-state index in [0.717, 1.165) is 23.1 Å². The zero-order valence-electron chi connectivity index (χ0n) is 10.3. The molecule has 0 radical (unpaired) electrons. The molecule has 0 atom stereocenters. The molecule has 1 rings (SSSR count). The molecule has 0 heterocycles. The third kappa shape index (κ3) is 3.84. The molecule has 0 amide bonds. The number of rotatable bonds is 5. The van der Waals surface area contributed by atoms with Gasteiger partial charge in [-0.3, -0.25) is 10.1 Å². The zero-order valence-corrected chi connectivity index (χ0v) is 10.3. The van der Waals surface area contributed by atoms with Crippen molar-refractivity contribution in [3.8, 4) is 0 Å². The van der Waals surface area contributed by atoms with Gasteiger partial charge in [-0.1, -0.05) is 0 Å². The second-order valence-corrected chi connectivity index (χ2v) is 3.90. The SMILES string of the molecule is CCN(CC(F)(F)F)c1ccc(C(=O)O)cc1[N+](=O)[O-].